The molecule has 0 saturated heterocycles. The summed E-state index contributed by atoms with van der Waals surface area (Å²) in [6, 6.07) is 5.49. The fourth-order valence-electron chi connectivity index (χ4n) is 4.22. The second-order valence-corrected chi connectivity index (χ2v) is 9.51. The minimum Gasteiger partial charge on any atom is -0.353 e. The van der Waals surface area contributed by atoms with Gasteiger partial charge < -0.3 is 11.1 Å². The topological polar surface area (TPSA) is 101 Å². The molecule has 6 nitrogen and oxygen atoms in total. The van der Waals surface area contributed by atoms with E-state index in [2.05, 4.69) is 10.0 Å². The number of hydrogen-bond acceptors (Lipinski definition) is 4. The molecule has 0 heterocycles. The maximum Gasteiger partial charge on any atom is 0.240 e. The van der Waals surface area contributed by atoms with E-state index < -0.39 is 10.0 Å². The van der Waals surface area contributed by atoms with Crippen molar-refractivity contribution < 1.29 is 13.2 Å². The predicted molar refractivity (Wildman–Crippen MR) is 106 cm³/mol. The van der Waals surface area contributed by atoms with Crippen LogP contribution in [0.3, 0.4) is 0 Å². The fraction of sp³-hybridized carbons (Fsp3) is 0.650. The molecule has 3 rings (SSSR count). The maximum absolute atomic E-state index is 12.5. The molecule has 7 heteroatoms. The third-order valence-corrected chi connectivity index (χ3v) is 7.29. The maximum atomic E-state index is 12.5. The number of hydrogen-bond donors (Lipinski definition) is 3. The van der Waals surface area contributed by atoms with Crippen LogP contribution in [-0.4, -0.2) is 33.5 Å². The number of nitrogens with two attached hydrogens (primary N) is 1. The Labute approximate surface area is 162 Å². The van der Waals surface area contributed by atoms with Gasteiger partial charge in [0.05, 0.1) is 4.90 Å². The van der Waals surface area contributed by atoms with Crippen LogP contribution in [0.1, 0.15) is 56.1 Å². The first-order valence-corrected chi connectivity index (χ1v) is 11.6. The highest BCUT2D eigenvalue weighted by Crippen LogP contribution is 2.24. The van der Waals surface area contributed by atoms with E-state index in [1.54, 1.807) is 12.1 Å². The van der Waals surface area contributed by atoms with Gasteiger partial charge in [-0.3, -0.25) is 4.79 Å². The lowest BCUT2D eigenvalue weighted by molar-refractivity contribution is -0.122. The predicted octanol–water partition coefficient (Wildman–Crippen LogP) is 1.87. The van der Waals surface area contributed by atoms with Crippen molar-refractivity contribution in [2.45, 2.75) is 68.7 Å². The summed E-state index contributed by atoms with van der Waals surface area (Å²) in [6.45, 7) is 0.682. The number of carbonyl (C=O) groups is 1. The number of sulfonamides is 1. The summed E-state index contributed by atoms with van der Waals surface area (Å²) < 4.78 is 27.6. The van der Waals surface area contributed by atoms with Gasteiger partial charge in [-0.25, -0.2) is 13.1 Å². The molecule has 2 atom stereocenters. The molecular weight excluding hydrogens is 362 g/mol. The van der Waals surface area contributed by atoms with Crippen LogP contribution >= 0.6 is 0 Å². The third kappa shape index (κ3) is 5.30. The first-order valence-electron chi connectivity index (χ1n) is 10.1. The van der Waals surface area contributed by atoms with Gasteiger partial charge in [-0.1, -0.05) is 18.9 Å². The summed E-state index contributed by atoms with van der Waals surface area (Å²) in [4.78, 5) is 12.5. The summed E-state index contributed by atoms with van der Waals surface area (Å²) >= 11 is 0. The Balaban J connectivity index is 1.51. The second kappa shape index (κ2) is 9.17. The molecule has 1 saturated carbocycles. The summed E-state index contributed by atoms with van der Waals surface area (Å²) in [5.41, 5.74) is 8.18. The molecular formula is C20H31N3O3S. The zero-order valence-electron chi connectivity index (χ0n) is 15.9. The van der Waals surface area contributed by atoms with Crippen molar-refractivity contribution >= 4 is 15.9 Å². The Bertz CT molecular complexity index is 764. The molecule has 0 radical (unpaired) electrons. The van der Waals surface area contributed by atoms with Crippen LogP contribution in [-0.2, 0) is 27.7 Å². The highest BCUT2D eigenvalue weighted by Gasteiger charge is 2.25. The summed E-state index contributed by atoms with van der Waals surface area (Å²) in [5.74, 6) is 0.211. The molecule has 1 aromatic rings. The largest absolute Gasteiger partial charge is 0.353 e. The number of nitrogens with one attached hydrogen (secondary N) is 2. The minimum atomic E-state index is -3.59. The summed E-state index contributed by atoms with van der Waals surface area (Å²) in [5, 5.41) is 3.03. The van der Waals surface area contributed by atoms with Crippen molar-refractivity contribution in [2.24, 2.45) is 11.7 Å². The van der Waals surface area contributed by atoms with Crippen LogP contribution in [0.2, 0.25) is 0 Å². The van der Waals surface area contributed by atoms with Gasteiger partial charge in [0.15, 0.2) is 0 Å². The fourth-order valence-corrected chi connectivity index (χ4v) is 5.30. The van der Waals surface area contributed by atoms with E-state index in [-0.39, 0.29) is 24.9 Å². The molecule has 0 aliphatic heterocycles. The van der Waals surface area contributed by atoms with Crippen LogP contribution in [0.15, 0.2) is 23.1 Å². The van der Waals surface area contributed by atoms with Crippen LogP contribution in [0.25, 0.3) is 0 Å². The van der Waals surface area contributed by atoms with Crippen molar-refractivity contribution in [2.75, 3.05) is 13.1 Å². The number of aryl methyl sites for hydroxylation is 2. The average molecular weight is 394 g/mol. The van der Waals surface area contributed by atoms with Gasteiger partial charge in [0, 0.05) is 19.0 Å². The number of fused-ring (bicyclic) bond motifs is 1. The van der Waals surface area contributed by atoms with Gasteiger partial charge in [0.25, 0.3) is 0 Å². The summed E-state index contributed by atoms with van der Waals surface area (Å²) in [6.07, 6.45) is 8.63. The Morgan fingerprint density at radius 2 is 1.81 bits per heavy atom. The SMILES string of the molecule is NCC1CCCCC1NC(=O)CCNS(=O)(=O)c1ccc2c(c1)CCCC2. The van der Waals surface area contributed by atoms with Gasteiger partial charge in [-0.05, 0) is 74.2 Å². The smallest absolute Gasteiger partial charge is 0.240 e. The Hall–Kier alpha value is -1.44. The quantitative estimate of drug-likeness (QED) is 0.658. The molecule has 2 unspecified atom stereocenters. The highest BCUT2D eigenvalue weighted by molar-refractivity contribution is 7.89. The van der Waals surface area contributed by atoms with Gasteiger partial charge in [0.1, 0.15) is 0 Å². The van der Waals surface area contributed by atoms with Crippen LogP contribution in [0, 0.1) is 5.92 Å². The Morgan fingerprint density at radius 3 is 2.59 bits per heavy atom. The van der Waals surface area contributed by atoms with E-state index in [4.69, 9.17) is 5.73 Å². The van der Waals surface area contributed by atoms with Crippen molar-refractivity contribution in [1.29, 1.82) is 0 Å². The van der Waals surface area contributed by atoms with Gasteiger partial charge >= 0.3 is 0 Å². The van der Waals surface area contributed by atoms with Crippen molar-refractivity contribution in [3.05, 3.63) is 29.3 Å². The Kier molecular flexibility index (Phi) is 6.89. The van der Waals surface area contributed by atoms with Crippen molar-refractivity contribution in [1.82, 2.24) is 10.0 Å². The van der Waals surface area contributed by atoms with Crippen molar-refractivity contribution in [3.8, 4) is 0 Å². The molecule has 2 aliphatic rings. The van der Waals surface area contributed by atoms with E-state index in [0.29, 0.717) is 17.4 Å². The zero-order valence-corrected chi connectivity index (χ0v) is 16.7. The van der Waals surface area contributed by atoms with Gasteiger partial charge in [0.2, 0.25) is 15.9 Å². The summed E-state index contributed by atoms with van der Waals surface area (Å²) in [7, 11) is -3.59. The molecule has 4 N–H and O–H groups in total. The number of carbonyl (C=O) groups excluding carboxylic acids is 1. The second-order valence-electron chi connectivity index (χ2n) is 7.74. The van der Waals surface area contributed by atoms with Gasteiger partial charge in [-0.15, -0.1) is 0 Å². The molecule has 0 spiro atoms. The lowest BCUT2D eigenvalue weighted by atomic mass is 9.84. The van der Waals surface area contributed by atoms with Crippen molar-refractivity contribution in [3.63, 3.8) is 0 Å². The molecule has 0 bridgehead atoms. The van der Waals surface area contributed by atoms with Crippen LogP contribution in [0.5, 0.6) is 0 Å². The lowest BCUT2D eigenvalue weighted by Crippen LogP contribution is -2.45. The minimum absolute atomic E-state index is 0.102. The van der Waals surface area contributed by atoms with Crippen LogP contribution in [0.4, 0.5) is 0 Å². The number of benzene rings is 1. The standard InChI is InChI=1S/C20H31N3O3S/c21-14-17-7-3-4-8-19(17)23-20(24)11-12-22-27(25,26)18-10-9-15-5-1-2-6-16(15)13-18/h9-10,13,17,19,22H,1-8,11-12,14,21H2,(H,23,24). The normalized spacial score (nSPS) is 22.9. The van der Waals surface area contributed by atoms with E-state index in [1.165, 1.54) is 12.0 Å². The first kappa shape index (κ1) is 20.3. The molecule has 1 fully saturated rings. The van der Waals surface area contributed by atoms with E-state index in [0.717, 1.165) is 50.5 Å². The molecule has 2 aliphatic carbocycles. The Morgan fingerprint density at radius 1 is 1.07 bits per heavy atom. The lowest BCUT2D eigenvalue weighted by Gasteiger charge is -2.31. The molecule has 1 aromatic carbocycles. The number of amides is 1. The molecule has 0 aromatic heterocycles. The molecule has 27 heavy (non-hydrogen) atoms. The third-order valence-electron chi connectivity index (χ3n) is 5.83. The first-order chi connectivity index (χ1) is 13.0. The van der Waals surface area contributed by atoms with E-state index >= 15 is 0 Å². The van der Waals surface area contributed by atoms with E-state index in [9.17, 15) is 13.2 Å². The molecule has 150 valence electrons. The van der Waals surface area contributed by atoms with Crippen LogP contribution < -0.4 is 15.8 Å². The molecule has 1 amide bonds. The zero-order chi connectivity index (χ0) is 19.3. The average Bonchev–Trinajstić information content (AvgIpc) is 2.68. The van der Waals surface area contributed by atoms with E-state index in [1.807, 2.05) is 6.07 Å². The monoisotopic (exact) mass is 393 g/mol. The van der Waals surface area contributed by atoms with Gasteiger partial charge in [-0.2, -0.15) is 0 Å². The number of rotatable bonds is 7. The highest BCUT2D eigenvalue weighted by atomic mass is 32.2.